The average molecular weight is 407 g/mol. The Labute approximate surface area is 167 Å². The quantitative estimate of drug-likeness (QED) is 0.415. The fourth-order valence-electron chi connectivity index (χ4n) is 2.13. The van der Waals surface area contributed by atoms with Gasteiger partial charge in [0.15, 0.2) is 11.6 Å². The van der Waals surface area contributed by atoms with E-state index in [1.54, 1.807) is 32.9 Å². The van der Waals surface area contributed by atoms with Crippen molar-refractivity contribution in [3.63, 3.8) is 0 Å². The molecule has 148 valence electrons. The van der Waals surface area contributed by atoms with E-state index in [9.17, 15) is 14.4 Å². The number of hydroxylamine groups is 1. The molecule has 0 aliphatic heterocycles. The van der Waals surface area contributed by atoms with Gasteiger partial charge in [-0.2, -0.15) is 4.98 Å². The zero-order valence-electron chi connectivity index (χ0n) is 15.7. The van der Waals surface area contributed by atoms with Crippen molar-refractivity contribution in [3.8, 4) is 0 Å². The zero-order chi connectivity index (χ0) is 21.1. The predicted octanol–water partition coefficient (Wildman–Crippen LogP) is 5.24. The van der Waals surface area contributed by atoms with Crippen molar-refractivity contribution in [2.24, 2.45) is 0 Å². The van der Waals surface area contributed by atoms with Gasteiger partial charge in [0.2, 0.25) is 5.28 Å². The highest BCUT2D eigenvalue weighted by molar-refractivity contribution is 6.28. The van der Waals surface area contributed by atoms with Crippen LogP contribution in [0.5, 0.6) is 0 Å². The third-order valence-electron chi connectivity index (χ3n) is 3.32. The smallest absolute Gasteiger partial charge is 0.420 e. The number of carbonyl (C=O) groups is 1. The number of anilines is 3. The highest BCUT2D eigenvalue weighted by Gasteiger charge is 2.29. The van der Waals surface area contributed by atoms with Crippen LogP contribution in [-0.2, 0) is 4.74 Å². The minimum absolute atomic E-state index is 0.177. The van der Waals surface area contributed by atoms with Crippen molar-refractivity contribution in [1.82, 2.24) is 9.97 Å². The molecule has 1 amide bonds. The van der Waals surface area contributed by atoms with E-state index in [0.717, 1.165) is 16.2 Å². The minimum atomic E-state index is -0.884. The minimum Gasteiger partial charge on any atom is -0.443 e. The second-order valence-corrected chi connectivity index (χ2v) is 6.99. The number of allylic oxidation sites excluding steroid dienone is 1. The molecule has 1 heterocycles. The third kappa shape index (κ3) is 5.05. The third-order valence-corrected chi connectivity index (χ3v) is 3.51. The number of hydrogen-bond donors (Lipinski definition) is 1. The molecule has 28 heavy (non-hydrogen) atoms. The molecule has 0 aliphatic carbocycles. The number of amides is 1. The number of benzene rings is 1. The molecule has 0 radical (unpaired) electrons. The Balaban J connectivity index is 2.59. The van der Waals surface area contributed by atoms with Gasteiger partial charge in [0.05, 0.1) is 23.3 Å². The number of carbonyl (C=O) groups excluding carboxylic acids is 1. The first-order valence-electron chi connectivity index (χ1n) is 8.15. The number of halogens is 2. The molecule has 1 aromatic heterocycles. The summed E-state index contributed by atoms with van der Waals surface area (Å²) in [4.78, 5) is 21.1. The van der Waals surface area contributed by atoms with E-state index < -0.39 is 23.3 Å². The molecule has 2 rings (SSSR count). The zero-order valence-corrected chi connectivity index (χ0v) is 16.4. The lowest BCUT2D eigenvalue weighted by Crippen LogP contribution is -2.35. The molecule has 1 N–H and O–H groups in total. The van der Waals surface area contributed by atoms with E-state index in [1.165, 1.54) is 18.2 Å². The van der Waals surface area contributed by atoms with Gasteiger partial charge in [0.1, 0.15) is 5.60 Å². The molecular formula is C19H20ClFN4O3. The second-order valence-electron chi connectivity index (χ2n) is 6.65. The molecule has 0 saturated heterocycles. The predicted molar refractivity (Wildman–Crippen MR) is 105 cm³/mol. The molecule has 0 saturated carbocycles. The summed E-state index contributed by atoms with van der Waals surface area (Å²) in [6.07, 6.45) is 1.32. The van der Waals surface area contributed by atoms with Crippen LogP contribution in [0.2, 0.25) is 5.28 Å². The summed E-state index contributed by atoms with van der Waals surface area (Å²) in [5.74, 6) is -1.27. The van der Waals surface area contributed by atoms with E-state index in [-0.39, 0.29) is 22.4 Å². The highest BCUT2D eigenvalue weighted by atomic mass is 35.5. The van der Waals surface area contributed by atoms with Gasteiger partial charge >= 0.3 is 6.09 Å². The van der Waals surface area contributed by atoms with E-state index in [2.05, 4.69) is 23.1 Å². The van der Waals surface area contributed by atoms with Crippen LogP contribution in [-0.4, -0.2) is 26.9 Å². The number of rotatable bonds is 5. The Kier molecular flexibility index (Phi) is 6.37. The maximum absolute atomic E-state index is 14.4. The summed E-state index contributed by atoms with van der Waals surface area (Å²) in [6.45, 7) is 12.2. The van der Waals surface area contributed by atoms with Crippen molar-refractivity contribution < 1.29 is 19.1 Å². The van der Waals surface area contributed by atoms with Crippen LogP contribution in [0.4, 0.5) is 26.4 Å². The Morgan fingerprint density at radius 2 is 2.00 bits per heavy atom. The summed E-state index contributed by atoms with van der Waals surface area (Å²) >= 11 is 5.79. The van der Waals surface area contributed by atoms with Gasteiger partial charge in [-0.1, -0.05) is 19.2 Å². The fraction of sp³-hybridized carbons (Fsp3) is 0.211. The molecule has 0 aliphatic rings. The van der Waals surface area contributed by atoms with E-state index >= 15 is 0 Å². The molecule has 0 fully saturated rings. The normalized spacial score (nSPS) is 10.9. The first-order chi connectivity index (χ1) is 13.0. The molecule has 0 spiro atoms. The Morgan fingerprint density at radius 3 is 2.61 bits per heavy atom. The van der Waals surface area contributed by atoms with Crippen molar-refractivity contribution >= 4 is 34.9 Å². The largest absolute Gasteiger partial charge is 0.443 e. The van der Waals surface area contributed by atoms with Gasteiger partial charge in [0, 0.05) is 0 Å². The lowest BCUT2D eigenvalue weighted by molar-refractivity contribution is 0.0597. The van der Waals surface area contributed by atoms with Gasteiger partial charge in [-0.25, -0.2) is 24.1 Å². The average Bonchev–Trinajstić information content (AvgIpc) is 2.62. The van der Waals surface area contributed by atoms with Gasteiger partial charge in [0.25, 0.3) is 0 Å². The summed E-state index contributed by atoms with van der Waals surface area (Å²) in [6, 6.07) is 6.07. The summed E-state index contributed by atoms with van der Waals surface area (Å²) in [7, 11) is 0. The molecule has 0 atom stereocenters. The summed E-state index contributed by atoms with van der Waals surface area (Å²) in [5, 5.41) is 10.7. The van der Waals surface area contributed by atoms with Crippen LogP contribution < -0.4 is 9.96 Å². The van der Waals surface area contributed by atoms with Crippen LogP contribution >= 0.6 is 11.6 Å². The van der Waals surface area contributed by atoms with Crippen LogP contribution in [0.15, 0.2) is 55.4 Å². The molecule has 0 unspecified atom stereocenters. The fourth-order valence-corrected chi connectivity index (χ4v) is 2.26. The monoisotopic (exact) mass is 406 g/mol. The van der Waals surface area contributed by atoms with Crippen molar-refractivity contribution in [2.75, 3.05) is 9.96 Å². The molecule has 2 aromatic rings. The molecular weight excluding hydrogens is 387 g/mol. The molecule has 9 heteroatoms. The van der Waals surface area contributed by atoms with E-state index in [1.807, 2.05) is 0 Å². The van der Waals surface area contributed by atoms with Gasteiger partial charge in [-0.05, 0) is 56.6 Å². The topological polar surface area (TPSA) is 78.8 Å². The molecule has 7 nitrogen and oxygen atoms in total. The first-order valence-corrected chi connectivity index (χ1v) is 8.53. The number of hydrogen-bond acceptors (Lipinski definition) is 6. The number of aromatic nitrogens is 2. The maximum atomic E-state index is 14.4. The van der Waals surface area contributed by atoms with Crippen LogP contribution in [0, 0.1) is 5.82 Å². The maximum Gasteiger partial charge on any atom is 0.420 e. The molecule has 1 aromatic carbocycles. The highest BCUT2D eigenvalue weighted by Crippen LogP contribution is 2.32. The lowest BCUT2D eigenvalue weighted by Gasteiger charge is -2.27. The SMILES string of the molecule is C=CC(=C)N(O)c1cccc(N(C(=O)OC(C)(C)C)c2nc(Cl)ncc2F)c1. The van der Waals surface area contributed by atoms with Gasteiger partial charge in [-0.3, -0.25) is 5.21 Å². The first kappa shape index (κ1) is 21.3. The Morgan fingerprint density at radius 1 is 1.36 bits per heavy atom. The van der Waals surface area contributed by atoms with Crippen LogP contribution in [0.25, 0.3) is 0 Å². The number of nitrogens with zero attached hydrogens (tertiary/aromatic N) is 4. The van der Waals surface area contributed by atoms with Crippen molar-refractivity contribution in [3.05, 3.63) is 66.5 Å². The standard InChI is InChI=1S/C19H20ClFN4O3/c1-6-12(2)25(27)14-9-7-8-13(10-14)24(18(26)28-19(3,4)5)16-15(21)11-22-17(20)23-16/h6-11,27H,1-2H2,3-5H3. The Hall–Kier alpha value is -2.97. The summed E-state index contributed by atoms with van der Waals surface area (Å²) < 4.78 is 19.8. The summed E-state index contributed by atoms with van der Waals surface area (Å²) in [5.41, 5.74) is -0.203. The van der Waals surface area contributed by atoms with Crippen molar-refractivity contribution in [1.29, 1.82) is 0 Å². The van der Waals surface area contributed by atoms with Gasteiger partial charge in [-0.15, -0.1) is 0 Å². The Bertz CT molecular complexity index is 914. The second kappa shape index (κ2) is 8.37. The van der Waals surface area contributed by atoms with Gasteiger partial charge < -0.3 is 4.74 Å². The number of ether oxygens (including phenoxy) is 1. The lowest BCUT2D eigenvalue weighted by atomic mass is 10.2. The van der Waals surface area contributed by atoms with E-state index in [0.29, 0.717) is 0 Å². The van der Waals surface area contributed by atoms with E-state index in [4.69, 9.17) is 16.3 Å². The van der Waals surface area contributed by atoms with Crippen LogP contribution in [0.1, 0.15) is 20.8 Å². The molecule has 0 bridgehead atoms. The van der Waals surface area contributed by atoms with Crippen LogP contribution in [0.3, 0.4) is 0 Å². The van der Waals surface area contributed by atoms with Crippen molar-refractivity contribution in [2.45, 2.75) is 26.4 Å².